The summed E-state index contributed by atoms with van der Waals surface area (Å²) in [5.74, 6) is -0.965. The van der Waals surface area contributed by atoms with Crippen LogP contribution in [-0.4, -0.2) is 47.0 Å². The first kappa shape index (κ1) is 17.3. The Morgan fingerprint density at radius 2 is 1.95 bits per heavy atom. The number of hydrogen-bond acceptors (Lipinski definition) is 3. The predicted molar refractivity (Wildman–Crippen MR) is 77.6 cm³/mol. The summed E-state index contributed by atoms with van der Waals surface area (Å²) in [4.78, 5) is 35.5. The van der Waals surface area contributed by atoms with Crippen molar-refractivity contribution in [3.63, 3.8) is 0 Å². The number of carboxylic acid groups (broad SMARTS) is 1. The number of nitrogens with zero attached hydrogens (tertiary/aromatic N) is 1. The van der Waals surface area contributed by atoms with Crippen LogP contribution in [0.5, 0.6) is 0 Å². The maximum atomic E-state index is 12.1. The van der Waals surface area contributed by atoms with Gasteiger partial charge in [0.05, 0.1) is 6.42 Å². The second kappa shape index (κ2) is 8.49. The van der Waals surface area contributed by atoms with Gasteiger partial charge < -0.3 is 21.1 Å². The molecule has 1 fully saturated rings. The Bertz CT molecular complexity index is 378. The molecule has 0 aliphatic carbocycles. The summed E-state index contributed by atoms with van der Waals surface area (Å²) < 4.78 is 0. The molecule has 0 aromatic rings. The molecule has 0 aromatic heterocycles. The maximum absolute atomic E-state index is 12.1. The third-order valence-electron chi connectivity index (χ3n) is 3.78. The number of likely N-dealkylation sites (tertiary alicyclic amines) is 1. The molecule has 7 heteroatoms. The number of carboxylic acids is 1. The molecule has 7 nitrogen and oxygen atoms in total. The highest BCUT2D eigenvalue weighted by Crippen LogP contribution is 2.20. The van der Waals surface area contributed by atoms with Gasteiger partial charge in [-0.25, -0.2) is 4.79 Å². The van der Waals surface area contributed by atoms with E-state index in [9.17, 15) is 14.4 Å². The fraction of sp³-hybridized carbons (Fsp3) is 0.786. The standard InChI is InChI=1S/C14H25N3O4/c1-2-3-11(9-13(19)20)16-14(21)17-6-4-10(5-7-17)8-12(15)18/h10-11H,2-9H2,1H3,(H2,15,18)(H,16,21)(H,19,20). The lowest BCUT2D eigenvalue weighted by atomic mass is 9.93. The Hall–Kier alpha value is -1.79. The van der Waals surface area contributed by atoms with E-state index < -0.39 is 5.97 Å². The molecule has 0 saturated carbocycles. The van der Waals surface area contributed by atoms with Crippen molar-refractivity contribution < 1.29 is 19.5 Å². The van der Waals surface area contributed by atoms with Gasteiger partial charge in [0, 0.05) is 25.6 Å². The van der Waals surface area contributed by atoms with E-state index in [-0.39, 0.29) is 30.3 Å². The predicted octanol–water partition coefficient (Wildman–Crippen LogP) is 0.927. The topological polar surface area (TPSA) is 113 Å². The molecule has 120 valence electrons. The Morgan fingerprint density at radius 1 is 1.33 bits per heavy atom. The zero-order valence-corrected chi connectivity index (χ0v) is 12.5. The number of nitrogens with two attached hydrogens (primary N) is 1. The van der Waals surface area contributed by atoms with Crippen molar-refractivity contribution in [2.45, 2.75) is 51.5 Å². The van der Waals surface area contributed by atoms with E-state index in [1.807, 2.05) is 6.92 Å². The highest BCUT2D eigenvalue weighted by molar-refractivity contribution is 5.76. The molecule has 0 bridgehead atoms. The number of nitrogens with one attached hydrogen (secondary N) is 1. The molecule has 1 saturated heterocycles. The first-order chi connectivity index (χ1) is 9.92. The highest BCUT2D eigenvalue weighted by Gasteiger charge is 2.25. The summed E-state index contributed by atoms with van der Waals surface area (Å²) in [5.41, 5.74) is 5.18. The lowest BCUT2D eigenvalue weighted by Crippen LogP contribution is -2.48. The normalized spacial score (nSPS) is 17.3. The SMILES string of the molecule is CCCC(CC(=O)O)NC(=O)N1CCC(CC(N)=O)CC1. The molecule has 4 N–H and O–H groups in total. The van der Waals surface area contributed by atoms with E-state index in [2.05, 4.69) is 5.32 Å². The van der Waals surface area contributed by atoms with Crippen molar-refractivity contribution in [3.05, 3.63) is 0 Å². The number of amides is 3. The zero-order valence-electron chi connectivity index (χ0n) is 12.5. The highest BCUT2D eigenvalue weighted by atomic mass is 16.4. The van der Waals surface area contributed by atoms with Crippen molar-refractivity contribution in [1.29, 1.82) is 0 Å². The van der Waals surface area contributed by atoms with Crippen LogP contribution in [0, 0.1) is 5.92 Å². The van der Waals surface area contributed by atoms with Crippen molar-refractivity contribution in [3.8, 4) is 0 Å². The number of urea groups is 1. The monoisotopic (exact) mass is 299 g/mol. The third-order valence-corrected chi connectivity index (χ3v) is 3.78. The Morgan fingerprint density at radius 3 is 2.43 bits per heavy atom. The number of carbonyl (C=O) groups is 3. The van der Waals surface area contributed by atoms with Gasteiger partial charge in [0.2, 0.25) is 5.91 Å². The van der Waals surface area contributed by atoms with Gasteiger partial charge in [0.15, 0.2) is 0 Å². The van der Waals surface area contributed by atoms with Crippen LogP contribution in [0.3, 0.4) is 0 Å². The molecule has 21 heavy (non-hydrogen) atoms. The summed E-state index contributed by atoms with van der Waals surface area (Å²) in [6.45, 7) is 3.11. The number of primary amides is 1. The molecular formula is C14H25N3O4. The fourth-order valence-electron chi connectivity index (χ4n) is 2.68. The molecule has 0 aromatic carbocycles. The quantitative estimate of drug-likeness (QED) is 0.649. The minimum Gasteiger partial charge on any atom is -0.481 e. The summed E-state index contributed by atoms with van der Waals surface area (Å²) >= 11 is 0. The van der Waals surface area contributed by atoms with E-state index in [1.54, 1.807) is 4.90 Å². The Balaban J connectivity index is 2.41. The Kier molecular flexibility index (Phi) is 6.98. The van der Waals surface area contributed by atoms with Gasteiger partial charge in [0.1, 0.15) is 0 Å². The third kappa shape index (κ3) is 6.46. The Labute approximate surface area is 124 Å². The lowest BCUT2D eigenvalue weighted by molar-refractivity contribution is -0.137. The average Bonchev–Trinajstić information content (AvgIpc) is 2.38. The molecule has 1 rings (SSSR count). The van der Waals surface area contributed by atoms with Gasteiger partial charge in [-0.2, -0.15) is 0 Å². The smallest absolute Gasteiger partial charge is 0.317 e. The van der Waals surface area contributed by atoms with Gasteiger partial charge in [-0.1, -0.05) is 13.3 Å². The van der Waals surface area contributed by atoms with Crippen molar-refractivity contribution in [1.82, 2.24) is 10.2 Å². The van der Waals surface area contributed by atoms with Crippen LogP contribution in [-0.2, 0) is 9.59 Å². The molecule has 1 aliphatic rings. The largest absolute Gasteiger partial charge is 0.481 e. The van der Waals surface area contributed by atoms with E-state index >= 15 is 0 Å². The van der Waals surface area contributed by atoms with Crippen molar-refractivity contribution in [2.24, 2.45) is 11.7 Å². The molecule has 1 unspecified atom stereocenters. The molecular weight excluding hydrogens is 274 g/mol. The number of aliphatic carboxylic acids is 1. The second-order valence-corrected chi connectivity index (χ2v) is 5.63. The summed E-state index contributed by atoms with van der Waals surface area (Å²) in [5, 5.41) is 11.6. The number of piperidine rings is 1. The minimum atomic E-state index is -0.908. The molecule has 3 amide bonds. The van der Waals surface area contributed by atoms with Crippen molar-refractivity contribution in [2.75, 3.05) is 13.1 Å². The van der Waals surface area contributed by atoms with Crippen LogP contribution < -0.4 is 11.1 Å². The van der Waals surface area contributed by atoms with Crippen molar-refractivity contribution >= 4 is 17.9 Å². The zero-order chi connectivity index (χ0) is 15.8. The average molecular weight is 299 g/mol. The number of carbonyl (C=O) groups excluding carboxylic acids is 2. The first-order valence-electron chi connectivity index (χ1n) is 7.47. The molecule has 0 radical (unpaired) electrons. The van der Waals surface area contributed by atoms with E-state index in [0.717, 1.165) is 19.3 Å². The van der Waals surface area contributed by atoms with Gasteiger partial charge in [-0.05, 0) is 25.2 Å². The van der Waals surface area contributed by atoms with E-state index in [1.165, 1.54) is 0 Å². The summed E-state index contributed by atoms with van der Waals surface area (Å²) in [6.07, 6.45) is 3.29. The first-order valence-corrected chi connectivity index (χ1v) is 7.47. The fourth-order valence-corrected chi connectivity index (χ4v) is 2.68. The van der Waals surface area contributed by atoms with E-state index in [0.29, 0.717) is 25.9 Å². The van der Waals surface area contributed by atoms with Gasteiger partial charge >= 0.3 is 12.0 Å². The minimum absolute atomic E-state index is 0.0578. The summed E-state index contributed by atoms with van der Waals surface area (Å²) in [7, 11) is 0. The number of hydrogen-bond donors (Lipinski definition) is 3. The maximum Gasteiger partial charge on any atom is 0.317 e. The van der Waals surface area contributed by atoms with Crippen LogP contribution >= 0.6 is 0 Å². The van der Waals surface area contributed by atoms with Crippen LogP contribution in [0.15, 0.2) is 0 Å². The molecule has 0 spiro atoms. The molecule has 1 aliphatic heterocycles. The summed E-state index contributed by atoms with van der Waals surface area (Å²) in [6, 6.07) is -0.546. The second-order valence-electron chi connectivity index (χ2n) is 5.63. The van der Waals surface area contributed by atoms with Crippen LogP contribution in [0.2, 0.25) is 0 Å². The van der Waals surface area contributed by atoms with Crippen LogP contribution in [0.1, 0.15) is 45.4 Å². The molecule has 1 heterocycles. The van der Waals surface area contributed by atoms with Crippen LogP contribution in [0.4, 0.5) is 4.79 Å². The van der Waals surface area contributed by atoms with Gasteiger partial charge in [-0.3, -0.25) is 9.59 Å². The van der Waals surface area contributed by atoms with Gasteiger partial charge in [0.25, 0.3) is 0 Å². The van der Waals surface area contributed by atoms with E-state index in [4.69, 9.17) is 10.8 Å². The lowest BCUT2D eigenvalue weighted by Gasteiger charge is -2.32. The van der Waals surface area contributed by atoms with Crippen LogP contribution in [0.25, 0.3) is 0 Å². The number of rotatable bonds is 7. The molecule has 1 atom stereocenters. The van der Waals surface area contributed by atoms with Gasteiger partial charge in [-0.15, -0.1) is 0 Å².